The summed E-state index contributed by atoms with van der Waals surface area (Å²) in [5.41, 5.74) is 0. The Morgan fingerprint density at radius 2 is 1.21 bits per heavy atom. The van der Waals surface area contributed by atoms with Crippen LogP contribution in [0.1, 0.15) is 58.3 Å². The third-order valence-electron chi connectivity index (χ3n) is 7.55. The molecule has 0 aliphatic carbocycles. The van der Waals surface area contributed by atoms with E-state index in [1.165, 1.54) is 0 Å². The Labute approximate surface area is 276 Å². The van der Waals surface area contributed by atoms with Crippen LogP contribution in [-0.4, -0.2) is 141 Å². The van der Waals surface area contributed by atoms with Gasteiger partial charge in [0, 0.05) is 6.42 Å². The van der Waals surface area contributed by atoms with E-state index in [9.17, 15) is 45.6 Å². The van der Waals surface area contributed by atoms with Gasteiger partial charge in [-0.2, -0.15) is 0 Å². The van der Waals surface area contributed by atoms with Crippen LogP contribution < -0.4 is 0 Å². The summed E-state index contributed by atoms with van der Waals surface area (Å²) in [4.78, 5) is 12.0. The van der Waals surface area contributed by atoms with Crippen molar-refractivity contribution in [1.82, 2.24) is 0 Å². The van der Waals surface area contributed by atoms with Gasteiger partial charge in [0.05, 0.1) is 19.8 Å². The van der Waals surface area contributed by atoms with Crippen LogP contribution in [-0.2, 0) is 28.5 Å². The van der Waals surface area contributed by atoms with Gasteiger partial charge in [-0.25, -0.2) is 0 Å². The van der Waals surface area contributed by atoms with Crippen LogP contribution >= 0.6 is 0 Å². The van der Waals surface area contributed by atoms with E-state index in [0.29, 0.717) is 6.42 Å². The molecule has 270 valence electrons. The monoisotopic (exact) mass is 674 g/mol. The maximum absolute atomic E-state index is 12.0. The molecule has 0 aromatic carbocycles. The van der Waals surface area contributed by atoms with Crippen LogP contribution in [0.2, 0.25) is 0 Å². The van der Waals surface area contributed by atoms with Gasteiger partial charge in [0.15, 0.2) is 12.6 Å². The number of esters is 1. The van der Waals surface area contributed by atoms with Gasteiger partial charge in [0.25, 0.3) is 0 Å². The second-order valence-electron chi connectivity index (χ2n) is 11.5. The number of hydrogen-bond acceptors (Lipinski definition) is 14. The molecule has 2 aliphatic heterocycles. The van der Waals surface area contributed by atoms with Crippen molar-refractivity contribution in [2.45, 2.75) is 126 Å². The molecule has 2 rings (SSSR count). The first-order valence-corrected chi connectivity index (χ1v) is 16.3. The van der Waals surface area contributed by atoms with E-state index in [2.05, 4.69) is 55.5 Å². The quantitative estimate of drug-likeness (QED) is 0.0452. The minimum absolute atomic E-state index is 0.186. The van der Waals surface area contributed by atoms with E-state index in [-0.39, 0.29) is 13.0 Å². The van der Waals surface area contributed by atoms with Crippen molar-refractivity contribution < 1.29 is 69.3 Å². The Morgan fingerprint density at radius 1 is 0.681 bits per heavy atom. The van der Waals surface area contributed by atoms with E-state index in [0.717, 1.165) is 38.5 Å². The van der Waals surface area contributed by atoms with Crippen LogP contribution in [0, 0.1) is 0 Å². The maximum atomic E-state index is 12.0. The standard InChI is InChI=1S/C33H54O14/c1-2-3-4-5-6-7-8-9-10-11-12-13-14-15-16-17-25(36)43-19-22(35)20-44-32-31(42)29(40)27(38)24(47-32)21-45-33-30(41)28(39)26(37)23(18-34)46-33/h3-4,6-7,9-10,12-13,22-24,26-35,37-42H,2,5,8,11,14-21H2,1H3/b4-3-,7-6-,10-9-,13-12-/t22?,23-,24-,26+,27+,28+,29+,30-,31-,32-,33+/m1/s1. The smallest absolute Gasteiger partial charge is 0.305 e. The third kappa shape index (κ3) is 14.9. The highest BCUT2D eigenvalue weighted by molar-refractivity contribution is 5.69. The predicted molar refractivity (Wildman–Crippen MR) is 168 cm³/mol. The van der Waals surface area contributed by atoms with Crippen LogP contribution in [0.3, 0.4) is 0 Å². The van der Waals surface area contributed by atoms with Crippen molar-refractivity contribution in [2.24, 2.45) is 0 Å². The van der Waals surface area contributed by atoms with Crippen molar-refractivity contribution in [1.29, 1.82) is 0 Å². The summed E-state index contributed by atoms with van der Waals surface area (Å²) >= 11 is 0. The molecule has 0 radical (unpaired) electrons. The maximum Gasteiger partial charge on any atom is 0.305 e. The zero-order valence-corrected chi connectivity index (χ0v) is 27.0. The van der Waals surface area contributed by atoms with Crippen molar-refractivity contribution in [3.63, 3.8) is 0 Å². The molecule has 0 bridgehead atoms. The highest BCUT2D eigenvalue weighted by atomic mass is 16.7. The van der Waals surface area contributed by atoms with Gasteiger partial charge in [0.1, 0.15) is 61.5 Å². The average Bonchev–Trinajstić information content (AvgIpc) is 3.06. The fourth-order valence-corrected chi connectivity index (χ4v) is 4.73. The number of aliphatic hydroxyl groups excluding tert-OH is 8. The Bertz CT molecular complexity index is 969. The van der Waals surface area contributed by atoms with Crippen molar-refractivity contribution in [3.8, 4) is 0 Å². The molecule has 0 aromatic rings. The molecule has 2 heterocycles. The largest absolute Gasteiger partial charge is 0.463 e. The lowest BCUT2D eigenvalue weighted by atomic mass is 9.98. The summed E-state index contributed by atoms with van der Waals surface area (Å²) in [7, 11) is 0. The van der Waals surface area contributed by atoms with Crippen LogP contribution in [0.25, 0.3) is 0 Å². The Balaban J connectivity index is 1.62. The van der Waals surface area contributed by atoms with E-state index < -0.39 is 93.3 Å². The molecule has 11 atom stereocenters. The fourth-order valence-electron chi connectivity index (χ4n) is 4.73. The lowest BCUT2D eigenvalue weighted by Crippen LogP contribution is -2.61. The second-order valence-corrected chi connectivity index (χ2v) is 11.5. The summed E-state index contributed by atoms with van der Waals surface area (Å²) < 4.78 is 26.5. The summed E-state index contributed by atoms with van der Waals surface area (Å²) in [6.07, 6.45) is 6.35. The number of carbonyl (C=O) groups excluding carboxylic acids is 1. The van der Waals surface area contributed by atoms with E-state index >= 15 is 0 Å². The molecule has 1 unspecified atom stereocenters. The topological polar surface area (TPSA) is 225 Å². The highest BCUT2D eigenvalue weighted by Crippen LogP contribution is 2.26. The van der Waals surface area contributed by atoms with Crippen molar-refractivity contribution in [2.75, 3.05) is 26.4 Å². The second kappa shape index (κ2) is 23.3. The molecule has 0 amide bonds. The highest BCUT2D eigenvalue weighted by Gasteiger charge is 2.47. The molecule has 2 aliphatic rings. The van der Waals surface area contributed by atoms with Crippen molar-refractivity contribution in [3.05, 3.63) is 48.6 Å². The number of aliphatic hydroxyl groups is 8. The summed E-state index contributed by atoms with van der Waals surface area (Å²) in [5, 5.41) is 80.3. The average molecular weight is 675 g/mol. The molecule has 14 nitrogen and oxygen atoms in total. The van der Waals surface area contributed by atoms with E-state index in [1.54, 1.807) is 0 Å². The molecule has 14 heteroatoms. The molecular formula is C33H54O14. The number of rotatable bonds is 21. The summed E-state index contributed by atoms with van der Waals surface area (Å²) in [6.45, 7) is 0.119. The van der Waals surface area contributed by atoms with Gasteiger partial charge < -0.3 is 64.5 Å². The molecule has 0 spiro atoms. The zero-order valence-electron chi connectivity index (χ0n) is 27.0. The molecule has 2 saturated heterocycles. The number of allylic oxidation sites excluding steroid dienone is 8. The minimum atomic E-state index is -1.73. The lowest BCUT2D eigenvalue weighted by molar-refractivity contribution is -0.332. The van der Waals surface area contributed by atoms with Gasteiger partial charge in [0.2, 0.25) is 0 Å². The minimum Gasteiger partial charge on any atom is -0.463 e. The summed E-state index contributed by atoms with van der Waals surface area (Å²) in [5.74, 6) is -0.480. The number of carbonyl (C=O) groups is 1. The Kier molecular flexibility index (Phi) is 20.4. The lowest BCUT2D eigenvalue weighted by Gasteiger charge is -2.42. The first-order valence-electron chi connectivity index (χ1n) is 16.3. The fraction of sp³-hybridized carbons (Fsp3) is 0.727. The predicted octanol–water partition coefficient (Wildman–Crippen LogP) is -0.103. The van der Waals surface area contributed by atoms with Crippen LogP contribution in [0.15, 0.2) is 48.6 Å². The SMILES string of the molecule is CC/C=C\C/C=C\C/C=C\C/C=C\CCCCC(=O)OCC(O)CO[C@@H]1O[C@H](CO[C@H]2O[C@H](CO)[C@H](O)[C@H](O)[C@H]2O)[C@H](O)[C@H](O)[C@H]1O. The van der Waals surface area contributed by atoms with Crippen molar-refractivity contribution >= 4 is 5.97 Å². The molecule has 0 aromatic heterocycles. The number of ether oxygens (including phenoxy) is 5. The van der Waals surface area contributed by atoms with Gasteiger partial charge in [-0.05, 0) is 44.9 Å². The zero-order chi connectivity index (χ0) is 34.6. The molecule has 47 heavy (non-hydrogen) atoms. The van der Waals surface area contributed by atoms with Gasteiger partial charge in [-0.15, -0.1) is 0 Å². The van der Waals surface area contributed by atoms with E-state index in [1.807, 2.05) is 0 Å². The van der Waals surface area contributed by atoms with Crippen LogP contribution in [0.5, 0.6) is 0 Å². The van der Waals surface area contributed by atoms with Gasteiger partial charge >= 0.3 is 5.97 Å². The van der Waals surface area contributed by atoms with Gasteiger partial charge in [-0.1, -0.05) is 55.5 Å². The first-order chi connectivity index (χ1) is 22.6. The van der Waals surface area contributed by atoms with E-state index in [4.69, 9.17) is 23.7 Å². The molecule has 0 saturated carbocycles. The normalized spacial score (nSPS) is 32.6. The number of hydrogen-bond donors (Lipinski definition) is 8. The first kappa shape index (κ1) is 41.1. The van der Waals surface area contributed by atoms with Crippen LogP contribution in [0.4, 0.5) is 0 Å². The number of unbranched alkanes of at least 4 members (excludes halogenated alkanes) is 2. The Hall–Kier alpha value is -2.05. The molecular weight excluding hydrogens is 620 g/mol. The molecule has 2 fully saturated rings. The summed E-state index contributed by atoms with van der Waals surface area (Å²) in [6, 6.07) is 0. The third-order valence-corrected chi connectivity index (χ3v) is 7.55. The van der Waals surface area contributed by atoms with Gasteiger partial charge in [-0.3, -0.25) is 4.79 Å². The Morgan fingerprint density at radius 3 is 1.81 bits per heavy atom. The molecule has 8 N–H and O–H groups in total.